The number of aromatic nitrogens is 2. The Morgan fingerprint density at radius 1 is 1.12 bits per heavy atom. The zero-order valence-electron chi connectivity index (χ0n) is 23.6. The molecule has 1 saturated heterocycles. The van der Waals surface area contributed by atoms with Crippen LogP contribution in [0.3, 0.4) is 0 Å². The van der Waals surface area contributed by atoms with Crippen LogP contribution in [0.1, 0.15) is 33.5 Å². The van der Waals surface area contributed by atoms with E-state index in [1.165, 1.54) is 13.2 Å². The van der Waals surface area contributed by atoms with E-state index < -0.39 is 5.82 Å². The number of likely N-dealkylation sites (tertiary alicyclic amines) is 1. The summed E-state index contributed by atoms with van der Waals surface area (Å²) in [6, 6.07) is 17.8. The average molecular weight is 585 g/mol. The molecule has 0 saturated carbocycles. The molecular formula is C32H30ClFN6O2. The van der Waals surface area contributed by atoms with Crippen molar-refractivity contribution >= 4 is 34.9 Å². The molecular weight excluding hydrogens is 555 g/mol. The number of hydrogen-bond donors (Lipinski definition) is 1. The van der Waals surface area contributed by atoms with Crippen molar-refractivity contribution in [2.45, 2.75) is 19.0 Å². The Morgan fingerprint density at radius 2 is 1.95 bits per heavy atom. The van der Waals surface area contributed by atoms with E-state index in [0.717, 1.165) is 24.1 Å². The van der Waals surface area contributed by atoms with Gasteiger partial charge in [-0.05, 0) is 63.0 Å². The number of halogens is 2. The minimum Gasteiger partial charge on any atom is -0.496 e. The molecule has 10 heteroatoms. The van der Waals surface area contributed by atoms with Crippen LogP contribution in [0.25, 0.3) is 11.3 Å². The highest BCUT2D eigenvalue weighted by Crippen LogP contribution is 2.36. The Balaban J connectivity index is 1.32. The molecule has 8 nitrogen and oxygen atoms in total. The van der Waals surface area contributed by atoms with Gasteiger partial charge in [-0.2, -0.15) is 0 Å². The van der Waals surface area contributed by atoms with Crippen molar-refractivity contribution in [2.24, 2.45) is 4.99 Å². The van der Waals surface area contributed by atoms with Crippen molar-refractivity contribution < 1.29 is 13.9 Å². The number of aliphatic imine (C=N–C) groups is 1. The van der Waals surface area contributed by atoms with Gasteiger partial charge < -0.3 is 19.9 Å². The third-order valence-electron chi connectivity index (χ3n) is 7.74. The number of ether oxygens (including phenoxy) is 1. The van der Waals surface area contributed by atoms with E-state index in [-0.39, 0.29) is 18.0 Å². The third kappa shape index (κ3) is 5.33. The quantitative estimate of drug-likeness (QED) is 0.308. The minimum atomic E-state index is -0.445. The Kier molecular flexibility index (Phi) is 7.62. The molecule has 42 heavy (non-hydrogen) atoms. The standard InChI is InChI=1S/C32H30ClFN6O2/c1-39(2)23-12-13-40(18-23)31(41)19-6-4-7-22(14-19)37-32-36-17-20-16-35-30(28-26(34)8-5-9-27(28)42-3)25-15-21(33)10-11-24(25)29(20)38-32/h4-11,14-15,17,23H,12-13,16,18H2,1-3H3,(H,36,37,38)/t23-/m0/s1. The molecule has 0 aliphatic carbocycles. The van der Waals surface area contributed by atoms with Crippen molar-refractivity contribution in [3.05, 3.63) is 100.0 Å². The topological polar surface area (TPSA) is 83.0 Å². The number of likely N-dealkylation sites (N-methyl/N-ethyl adjacent to an activating group) is 1. The number of nitrogens with zero attached hydrogens (tertiary/aromatic N) is 5. The predicted octanol–water partition coefficient (Wildman–Crippen LogP) is 5.82. The molecule has 1 amide bonds. The van der Waals surface area contributed by atoms with Gasteiger partial charge in [-0.15, -0.1) is 0 Å². The fourth-order valence-electron chi connectivity index (χ4n) is 5.49. The first kappa shape index (κ1) is 27.8. The molecule has 0 radical (unpaired) electrons. The Labute approximate surface area is 248 Å². The van der Waals surface area contributed by atoms with Gasteiger partial charge in [0.2, 0.25) is 5.95 Å². The van der Waals surface area contributed by atoms with E-state index in [2.05, 4.69) is 15.2 Å². The number of methoxy groups -OCH3 is 1. The maximum atomic E-state index is 15.2. The number of carbonyl (C=O) groups excluding carboxylic acids is 1. The zero-order valence-corrected chi connectivity index (χ0v) is 24.3. The first-order valence-electron chi connectivity index (χ1n) is 13.7. The number of hydrogen-bond acceptors (Lipinski definition) is 7. The number of carbonyl (C=O) groups is 1. The second-order valence-electron chi connectivity index (χ2n) is 10.6. The lowest BCUT2D eigenvalue weighted by molar-refractivity contribution is 0.0783. The normalized spacial score (nSPS) is 16.0. The van der Waals surface area contributed by atoms with E-state index in [0.29, 0.717) is 57.5 Å². The maximum Gasteiger partial charge on any atom is 0.253 e. The molecule has 3 aromatic carbocycles. The first-order chi connectivity index (χ1) is 20.3. The molecule has 2 aliphatic heterocycles. The second kappa shape index (κ2) is 11.5. The van der Waals surface area contributed by atoms with Crippen LogP contribution in [0.15, 0.2) is 71.9 Å². The fraction of sp³-hybridized carbons (Fsp3) is 0.250. The summed E-state index contributed by atoms with van der Waals surface area (Å²) in [7, 11) is 5.59. The Bertz CT molecular complexity index is 1710. The highest BCUT2D eigenvalue weighted by molar-refractivity contribution is 6.31. The van der Waals surface area contributed by atoms with Crippen LogP contribution in [0, 0.1) is 5.82 Å². The van der Waals surface area contributed by atoms with Crippen LogP contribution in [0.4, 0.5) is 16.0 Å². The average Bonchev–Trinajstić information content (AvgIpc) is 3.44. The fourth-order valence-corrected chi connectivity index (χ4v) is 5.66. The van der Waals surface area contributed by atoms with Crippen molar-refractivity contribution in [3.63, 3.8) is 0 Å². The molecule has 6 rings (SSSR count). The summed E-state index contributed by atoms with van der Waals surface area (Å²) >= 11 is 6.41. The van der Waals surface area contributed by atoms with E-state index >= 15 is 4.39 Å². The summed E-state index contributed by atoms with van der Waals surface area (Å²) in [5.74, 6) is 0.295. The largest absolute Gasteiger partial charge is 0.496 e. The summed E-state index contributed by atoms with van der Waals surface area (Å²) < 4.78 is 20.6. The minimum absolute atomic E-state index is 0.00454. The number of rotatable bonds is 6. The molecule has 4 aromatic rings. The molecule has 1 aromatic heterocycles. The van der Waals surface area contributed by atoms with Gasteiger partial charge in [0.1, 0.15) is 11.6 Å². The van der Waals surface area contributed by atoms with Gasteiger partial charge in [0, 0.05) is 58.3 Å². The van der Waals surface area contributed by atoms with Gasteiger partial charge in [-0.3, -0.25) is 9.79 Å². The van der Waals surface area contributed by atoms with Crippen molar-refractivity contribution in [1.29, 1.82) is 0 Å². The number of amides is 1. The number of fused-ring (bicyclic) bond motifs is 3. The summed E-state index contributed by atoms with van der Waals surface area (Å²) in [6.45, 7) is 1.69. The third-order valence-corrected chi connectivity index (χ3v) is 7.98. The van der Waals surface area contributed by atoms with E-state index in [4.69, 9.17) is 26.3 Å². The van der Waals surface area contributed by atoms with Gasteiger partial charge in [-0.25, -0.2) is 14.4 Å². The molecule has 1 N–H and O–H groups in total. The molecule has 0 spiro atoms. The smallest absolute Gasteiger partial charge is 0.253 e. The summed E-state index contributed by atoms with van der Waals surface area (Å²) in [5, 5.41) is 3.74. The zero-order chi connectivity index (χ0) is 29.4. The summed E-state index contributed by atoms with van der Waals surface area (Å²) in [4.78, 5) is 31.4. The lowest BCUT2D eigenvalue weighted by Crippen LogP contribution is -2.34. The van der Waals surface area contributed by atoms with E-state index in [1.807, 2.05) is 49.3 Å². The van der Waals surface area contributed by atoms with Gasteiger partial charge in [0.15, 0.2) is 0 Å². The maximum absolute atomic E-state index is 15.2. The Hall–Kier alpha value is -4.34. The van der Waals surface area contributed by atoms with Crippen molar-refractivity contribution in [3.8, 4) is 17.0 Å². The van der Waals surface area contributed by atoms with Crippen LogP contribution >= 0.6 is 11.6 Å². The SMILES string of the molecule is COc1cccc(F)c1C1=NCc2cnc(Nc3cccc(C(=O)N4CC[C@H](N(C)C)C4)c3)nc2-c2ccc(Cl)cc21. The number of benzene rings is 3. The summed E-state index contributed by atoms with van der Waals surface area (Å²) in [6.07, 6.45) is 2.68. The van der Waals surface area contributed by atoms with Crippen LogP contribution in [0.2, 0.25) is 5.02 Å². The first-order valence-corrected chi connectivity index (χ1v) is 14.1. The van der Waals surface area contributed by atoms with Gasteiger partial charge in [0.25, 0.3) is 5.91 Å². The highest BCUT2D eigenvalue weighted by atomic mass is 35.5. The molecule has 214 valence electrons. The van der Waals surface area contributed by atoms with Crippen LogP contribution in [-0.2, 0) is 6.54 Å². The predicted molar refractivity (Wildman–Crippen MR) is 162 cm³/mol. The monoisotopic (exact) mass is 584 g/mol. The number of anilines is 2. The van der Waals surface area contributed by atoms with Crippen molar-refractivity contribution in [1.82, 2.24) is 19.8 Å². The lowest BCUT2D eigenvalue weighted by atomic mass is 9.94. The summed E-state index contributed by atoms with van der Waals surface area (Å²) in [5.41, 5.74) is 4.82. The van der Waals surface area contributed by atoms with E-state index in [1.54, 1.807) is 30.5 Å². The van der Waals surface area contributed by atoms with Gasteiger partial charge in [-0.1, -0.05) is 29.8 Å². The molecule has 1 atom stereocenters. The van der Waals surface area contributed by atoms with E-state index in [9.17, 15) is 4.79 Å². The lowest BCUT2D eigenvalue weighted by Gasteiger charge is -2.20. The second-order valence-corrected chi connectivity index (χ2v) is 11.0. The molecule has 0 unspecified atom stereocenters. The van der Waals surface area contributed by atoms with Gasteiger partial charge in [0.05, 0.1) is 30.6 Å². The molecule has 1 fully saturated rings. The molecule has 2 aliphatic rings. The highest BCUT2D eigenvalue weighted by Gasteiger charge is 2.28. The molecule has 0 bridgehead atoms. The van der Waals surface area contributed by atoms with Crippen LogP contribution < -0.4 is 10.1 Å². The van der Waals surface area contributed by atoms with Crippen LogP contribution in [0.5, 0.6) is 5.75 Å². The van der Waals surface area contributed by atoms with Crippen LogP contribution in [-0.4, -0.2) is 71.7 Å². The molecule has 3 heterocycles. The van der Waals surface area contributed by atoms with Gasteiger partial charge >= 0.3 is 0 Å². The van der Waals surface area contributed by atoms with Crippen molar-refractivity contribution in [2.75, 3.05) is 39.6 Å². The number of nitrogens with one attached hydrogen (secondary N) is 1. The Morgan fingerprint density at radius 3 is 2.74 bits per heavy atom.